The fourth-order valence-electron chi connectivity index (χ4n) is 2.95. The van der Waals surface area contributed by atoms with Crippen molar-refractivity contribution < 1.29 is 9.50 Å². The highest BCUT2D eigenvalue weighted by Crippen LogP contribution is 2.32. The first kappa shape index (κ1) is 12.9. The number of hydrogen-bond acceptors (Lipinski definition) is 3. The largest absolute Gasteiger partial charge is 0.389 e. The van der Waals surface area contributed by atoms with Crippen LogP contribution >= 0.6 is 0 Å². The van der Waals surface area contributed by atoms with Crippen molar-refractivity contribution in [3.8, 4) is 0 Å². The molecule has 0 bridgehead atoms. The van der Waals surface area contributed by atoms with Gasteiger partial charge in [0.1, 0.15) is 5.82 Å². The maximum absolute atomic E-state index is 14.1. The molecule has 2 aliphatic rings. The van der Waals surface area contributed by atoms with E-state index in [2.05, 4.69) is 9.80 Å². The van der Waals surface area contributed by atoms with E-state index in [1.165, 1.54) is 18.9 Å². The minimum atomic E-state index is -0.632. The van der Waals surface area contributed by atoms with Crippen molar-refractivity contribution in [3.05, 3.63) is 29.6 Å². The van der Waals surface area contributed by atoms with Crippen LogP contribution in [-0.2, 0) is 0 Å². The Balaban J connectivity index is 1.78. The van der Waals surface area contributed by atoms with E-state index < -0.39 is 6.10 Å². The highest BCUT2D eigenvalue weighted by molar-refractivity contribution is 5.56. The van der Waals surface area contributed by atoms with Gasteiger partial charge in [-0.2, -0.15) is 0 Å². The van der Waals surface area contributed by atoms with E-state index in [4.69, 9.17) is 0 Å². The van der Waals surface area contributed by atoms with Crippen LogP contribution in [0.1, 0.15) is 31.4 Å². The van der Waals surface area contributed by atoms with Crippen LogP contribution < -0.4 is 4.90 Å². The summed E-state index contributed by atoms with van der Waals surface area (Å²) in [5.74, 6) is -0.224. The number of piperazine rings is 1. The van der Waals surface area contributed by atoms with Gasteiger partial charge in [0.2, 0.25) is 0 Å². The normalized spacial score (nSPS) is 22.6. The lowest BCUT2D eigenvalue weighted by molar-refractivity contribution is 0.198. The number of hydrogen-bond donors (Lipinski definition) is 1. The Morgan fingerprint density at radius 3 is 2.47 bits per heavy atom. The van der Waals surface area contributed by atoms with Gasteiger partial charge in [0, 0.05) is 37.8 Å². The van der Waals surface area contributed by atoms with Gasteiger partial charge in [0.15, 0.2) is 0 Å². The van der Waals surface area contributed by atoms with Crippen molar-refractivity contribution in [3.63, 3.8) is 0 Å². The highest BCUT2D eigenvalue weighted by atomic mass is 19.1. The van der Waals surface area contributed by atoms with E-state index in [0.29, 0.717) is 11.3 Å². The minimum absolute atomic E-state index is 0.224. The van der Waals surface area contributed by atoms with Crippen molar-refractivity contribution in [1.82, 2.24) is 4.90 Å². The molecule has 1 aliphatic carbocycles. The Bertz CT molecular complexity index is 451. The average Bonchev–Trinajstić information content (AvgIpc) is 3.23. The molecule has 0 radical (unpaired) electrons. The van der Waals surface area contributed by atoms with E-state index >= 15 is 0 Å². The van der Waals surface area contributed by atoms with Crippen LogP contribution in [0.5, 0.6) is 0 Å². The summed E-state index contributed by atoms with van der Waals surface area (Å²) in [7, 11) is 0. The van der Waals surface area contributed by atoms with Gasteiger partial charge in [-0.25, -0.2) is 4.39 Å². The SMILES string of the molecule is C[C@@H](O)c1cccc(F)c1N1CCN(C2CC2)CC1. The van der Waals surface area contributed by atoms with Crippen LogP contribution in [0, 0.1) is 5.82 Å². The van der Waals surface area contributed by atoms with Crippen LogP contribution in [0.25, 0.3) is 0 Å². The monoisotopic (exact) mass is 264 g/mol. The van der Waals surface area contributed by atoms with Gasteiger partial charge in [-0.05, 0) is 25.8 Å². The molecule has 104 valence electrons. The summed E-state index contributed by atoms with van der Waals surface area (Å²) >= 11 is 0. The van der Waals surface area contributed by atoms with Crippen molar-refractivity contribution >= 4 is 5.69 Å². The van der Waals surface area contributed by atoms with E-state index in [9.17, 15) is 9.50 Å². The molecule has 3 nitrogen and oxygen atoms in total. The molecule has 1 saturated carbocycles. The number of benzene rings is 1. The molecule has 4 heteroatoms. The molecule has 0 amide bonds. The summed E-state index contributed by atoms with van der Waals surface area (Å²) in [6.07, 6.45) is 2.00. The first-order valence-electron chi connectivity index (χ1n) is 7.12. The zero-order valence-corrected chi connectivity index (χ0v) is 11.3. The van der Waals surface area contributed by atoms with Gasteiger partial charge in [-0.1, -0.05) is 12.1 Å². The first-order valence-corrected chi connectivity index (χ1v) is 7.12. The fourth-order valence-corrected chi connectivity index (χ4v) is 2.95. The third kappa shape index (κ3) is 2.60. The molecule has 1 aliphatic heterocycles. The molecule has 1 saturated heterocycles. The predicted octanol–water partition coefficient (Wildman–Crippen LogP) is 2.16. The topological polar surface area (TPSA) is 26.7 Å². The van der Waals surface area contributed by atoms with Crippen molar-refractivity contribution in [2.75, 3.05) is 31.1 Å². The van der Waals surface area contributed by atoms with Crippen molar-refractivity contribution in [2.24, 2.45) is 0 Å². The Labute approximate surface area is 113 Å². The second-order valence-corrected chi connectivity index (χ2v) is 5.61. The number of para-hydroxylation sites is 1. The molecule has 1 N–H and O–H groups in total. The van der Waals surface area contributed by atoms with E-state index in [1.54, 1.807) is 13.0 Å². The van der Waals surface area contributed by atoms with Crippen molar-refractivity contribution in [2.45, 2.75) is 31.9 Å². The van der Waals surface area contributed by atoms with E-state index in [0.717, 1.165) is 32.2 Å². The summed E-state index contributed by atoms with van der Waals surface area (Å²) in [6.45, 7) is 5.38. The van der Waals surface area contributed by atoms with Crippen LogP contribution in [0.2, 0.25) is 0 Å². The Kier molecular flexibility index (Phi) is 3.46. The molecule has 0 unspecified atom stereocenters. The lowest BCUT2D eigenvalue weighted by Gasteiger charge is -2.37. The maximum Gasteiger partial charge on any atom is 0.146 e. The van der Waals surface area contributed by atoms with Crippen LogP contribution in [-0.4, -0.2) is 42.2 Å². The summed E-state index contributed by atoms with van der Waals surface area (Å²) in [4.78, 5) is 4.58. The smallest absolute Gasteiger partial charge is 0.146 e. The average molecular weight is 264 g/mol. The summed E-state index contributed by atoms with van der Waals surface area (Å²) in [6, 6.07) is 5.74. The van der Waals surface area contributed by atoms with Crippen molar-refractivity contribution in [1.29, 1.82) is 0 Å². The third-order valence-electron chi connectivity index (χ3n) is 4.16. The van der Waals surface area contributed by atoms with Gasteiger partial charge >= 0.3 is 0 Å². The zero-order valence-electron chi connectivity index (χ0n) is 11.3. The number of aliphatic hydroxyl groups is 1. The van der Waals surface area contributed by atoms with E-state index in [1.807, 2.05) is 6.07 Å². The number of aliphatic hydroxyl groups excluding tert-OH is 1. The molecule has 19 heavy (non-hydrogen) atoms. The fraction of sp³-hybridized carbons (Fsp3) is 0.600. The molecule has 0 aromatic heterocycles. The summed E-state index contributed by atoms with van der Waals surface area (Å²) < 4.78 is 14.1. The zero-order chi connectivity index (χ0) is 13.4. The molecular formula is C15H21FN2O. The number of anilines is 1. The van der Waals surface area contributed by atoms with Gasteiger partial charge in [0.05, 0.1) is 11.8 Å². The molecule has 1 aromatic rings. The molecule has 2 fully saturated rings. The lowest BCUT2D eigenvalue weighted by atomic mass is 10.1. The Hall–Kier alpha value is -1.13. The first-order chi connectivity index (χ1) is 9.16. The molecule has 1 heterocycles. The quantitative estimate of drug-likeness (QED) is 0.906. The van der Waals surface area contributed by atoms with Crippen LogP contribution in [0.3, 0.4) is 0 Å². The number of rotatable bonds is 3. The highest BCUT2D eigenvalue weighted by Gasteiger charge is 2.32. The predicted molar refractivity (Wildman–Crippen MR) is 73.8 cm³/mol. The standard InChI is InChI=1S/C15H21FN2O/c1-11(19)13-3-2-4-14(16)15(13)18-9-7-17(8-10-18)12-5-6-12/h2-4,11-12,19H,5-10H2,1H3/t11-/m1/s1. The number of halogens is 1. The van der Waals surface area contributed by atoms with Gasteiger partial charge < -0.3 is 10.0 Å². The van der Waals surface area contributed by atoms with Gasteiger partial charge in [0.25, 0.3) is 0 Å². The Morgan fingerprint density at radius 1 is 1.21 bits per heavy atom. The number of nitrogens with zero attached hydrogens (tertiary/aromatic N) is 2. The molecule has 0 spiro atoms. The second-order valence-electron chi connectivity index (χ2n) is 5.61. The van der Waals surface area contributed by atoms with Crippen LogP contribution in [0.4, 0.5) is 10.1 Å². The molecule has 1 aromatic carbocycles. The second kappa shape index (κ2) is 5.10. The van der Waals surface area contributed by atoms with Gasteiger partial charge in [-0.15, -0.1) is 0 Å². The van der Waals surface area contributed by atoms with Crippen LogP contribution in [0.15, 0.2) is 18.2 Å². The molecule has 3 rings (SSSR count). The molecular weight excluding hydrogens is 243 g/mol. The Morgan fingerprint density at radius 2 is 1.89 bits per heavy atom. The lowest BCUT2D eigenvalue weighted by Crippen LogP contribution is -2.47. The molecule has 1 atom stereocenters. The third-order valence-corrected chi connectivity index (χ3v) is 4.16. The minimum Gasteiger partial charge on any atom is -0.389 e. The van der Waals surface area contributed by atoms with E-state index in [-0.39, 0.29) is 5.82 Å². The van der Waals surface area contributed by atoms with Gasteiger partial charge in [-0.3, -0.25) is 4.90 Å². The summed E-state index contributed by atoms with van der Waals surface area (Å²) in [5, 5.41) is 9.81. The summed E-state index contributed by atoms with van der Waals surface area (Å²) in [5.41, 5.74) is 1.29. The maximum atomic E-state index is 14.1.